The van der Waals surface area contributed by atoms with Gasteiger partial charge in [0.2, 0.25) is 0 Å². The Kier molecular flexibility index (Phi) is 3.82. The lowest BCUT2D eigenvalue weighted by Gasteiger charge is -2.10. The van der Waals surface area contributed by atoms with E-state index in [1.165, 1.54) is 18.9 Å². The third-order valence-corrected chi connectivity index (χ3v) is 4.03. The van der Waals surface area contributed by atoms with Crippen LogP contribution in [-0.4, -0.2) is 17.3 Å². The van der Waals surface area contributed by atoms with Gasteiger partial charge < -0.3 is 5.32 Å². The zero-order valence-electron chi connectivity index (χ0n) is 9.67. The lowest BCUT2D eigenvalue weighted by molar-refractivity contribution is 0.0949. The molecule has 92 valence electrons. The molecule has 0 aliphatic heterocycles. The van der Waals surface area contributed by atoms with Gasteiger partial charge in [-0.05, 0) is 37.8 Å². The molecule has 4 heteroatoms. The first kappa shape index (κ1) is 12.6. The van der Waals surface area contributed by atoms with E-state index >= 15 is 0 Å². The Labute approximate surface area is 109 Å². The SMILES string of the molecule is Cc1ccc(F)c(C(=O)NCC(Br)C2CC2)c1. The summed E-state index contributed by atoms with van der Waals surface area (Å²) in [6.07, 6.45) is 2.43. The second kappa shape index (κ2) is 5.17. The van der Waals surface area contributed by atoms with E-state index in [1.54, 1.807) is 12.1 Å². The number of carbonyl (C=O) groups is 1. The van der Waals surface area contributed by atoms with Crippen molar-refractivity contribution >= 4 is 21.8 Å². The fraction of sp³-hybridized carbons (Fsp3) is 0.462. The van der Waals surface area contributed by atoms with Gasteiger partial charge in [-0.2, -0.15) is 0 Å². The van der Waals surface area contributed by atoms with Crippen LogP contribution in [0.3, 0.4) is 0 Å². The third kappa shape index (κ3) is 3.28. The molecule has 1 amide bonds. The van der Waals surface area contributed by atoms with Gasteiger partial charge in [-0.3, -0.25) is 4.79 Å². The van der Waals surface area contributed by atoms with E-state index in [0.29, 0.717) is 17.3 Å². The highest BCUT2D eigenvalue weighted by Gasteiger charge is 2.29. The van der Waals surface area contributed by atoms with E-state index in [4.69, 9.17) is 0 Å². The molecule has 1 unspecified atom stereocenters. The molecule has 0 aromatic heterocycles. The minimum atomic E-state index is -0.467. The number of rotatable bonds is 4. The zero-order valence-corrected chi connectivity index (χ0v) is 11.3. The lowest BCUT2D eigenvalue weighted by Crippen LogP contribution is -2.31. The summed E-state index contributed by atoms with van der Waals surface area (Å²) in [5.74, 6) is -0.139. The normalized spacial score (nSPS) is 16.6. The average molecular weight is 300 g/mol. The van der Waals surface area contributed by atoms with Crippen molar-refractivity contribution in [3.63, 3.8) is 0 Å². The van der Waals surface area contributed by atoms with Crippen LogP contribution in [0.15, 0.2) is 18.2 Å². The number of amides is 1. The fourth-order valence-electron chi connectivity index (χ4n) is 1.72. The molecule has 0 bridgehead atoms. The van der Waals surface area contributed by atoms with Crippen LogP contribution < -0.4 is 5.32 Å². The topological polar surface area (TPSA) is 29.1 Å². The summed E-state index contributed by atoms with van der Waals surface area (Å²) in [5.41, 5.74) is 1.01. The van der Waals surface area contributed by atoms with E-state index in [1.807, 2.05) is 6.92 Å². The predicted molar refractivity (Wildman–Crippen MR) is 68.9 cm³/mol. The van der Waals surface area contributed by atoms with Crippen molar-refractivity contribution in [1.82, 2.24) is 5.32 Å². The van der Waals surface area contributed by atoms with E-state index in [0.717, 1.165) is 5.56 Å². The van der Waals surface area contributed by atoms with Gasteiger partial charge >= 0.3 is 0 Å². The van der Waals surface area contributed by atoms with Gasteiger partial charge in [-0.25, -0.2) is 4.39 Å². The number of alkyl halides is 1. The number of nitrogens with one attached hydrogen (secondary N) is 1. The summed E-state index contributed by atoms with van der Waals surface area (Å²) >= 11 is 3.53. The Balaban J connectivity index is 1.96. The van der Waals surface area contributed by atoms with Crippen LogP contribution in [0, 0.1) is 18.7 Å². The molecule has 1 saturated carbocycles. The number of hydrogen-bond acceptors (Lipinski definition) is 1. The largest absolute Gasteiger partial charge is 0.351 e. The average Bonchev–Trinajstić information content (AvgIpc) is 3.12. The summed E-state index contributed by atoms with van der Waals surface area (Å²) in [6, 6.07) is 4.56. The number of carbonyl (C=O) groups excluding carboxylic acids is 1. The number of hydrogen-bond donors (Lipinski definition) is 1. The van der Waals surface area contributed by atoms with Crippen molar-refractivity contribution in [3.05, 3.63) is 35.1 Å². The van der Waals surface area contributed by atoms with Crippen LogP contribution in [0.2, 0.25) is 0 Å². The van der Waals surface area contributed by atoms with Crippen molar-refractivity contribution in [2.75, 3.05) is 6.54 Å². The summed E-state index contributed by atoms with van der Waals surface area (Å²) in [5, 5.41) is 2.76. The second-order valence-corrected chi connectivity index (χ2v) is 5.72. The molecule has 1 aliphatic rings. The summed E-state index contributed by atoms with van der Waals surface area (Å²) in [7, 11) is 0. The Morgan fingerprint density at radius 1 is 1.59 bits per heavy atom. The van der Waals surface area contributed by atoms with Crippen molar-refractivity contribution in [2.45, 2.75) is 24.6 Å². The van der Waals surface area contributed by atoms with Gasteiger partial charge in [0.05, 0.1) is 5.56 Å². The van der Waals surface area contributed by atoms with Crippen molar-refractivity contribution in [2.24, 2.45) is 5.92 Å². The molecule has 2 rings (SSSR count). The number of benzene rings is 1. The fourth-order valence-corrected chi connectivity index (χ4v) is 2.41. The first-order valence-electron chi connectivity index (χ1n) is 5.76. The Bertz CT molecular complexity index is 431. The van der Waals surface area contributed by atoms with Crippen molar-refractivity contribution in [1.29, 1.82) is 0 Å². The van der Waals surface area contributed by atoms with Crippen LogP contribution >= 0.6 is 15.9 Å². The van der Waals surface area contributed by atoms with Gasteiger partial charge in [-0.1, -0.05) is 27.6 Å². The quantitative estimate of drug-likeness (QED) is 0.851. The maximum absolute atomic E-state index is 13.4. The molecule has 0 radical (unpaired) electrons. The van der Waals surface area contributed by atoms with Gasteiger partial charge in [0.25, 0.3) is 5.91 Å². The van der Waals surface area contributed by atoms with Gasteiger partial charge in [-0.15, -0.1) is 0 Å². The molecule has 1 aliphatic carbocycles. The lowest BCUT2D eigenvalue weighted by atomic mass is 10.1. The predicted octanol–water partition coefficient (Wildman–Crippen LogP) is 3.04. The number of aryl methyl sites for hydroxylation is 1. The molecule has 2 nitrogen and oxygen atoms in total. The van der Waals surface area contributed by atoms with E-state index < -0.39 is 5.82 Å². The summed E-state index contributed by atoms with van der Waals surface area (Å²) < 4.78 is 13.4. The molecule has 1 atom stereocenters. The van der Waals surface area contributed by atoms with Crippen molar-refractivity contribution in [3.8, 4) is 0 Å². The van der Waals surface area contributed by atoms with E-state index in [9.17, 15) is 9.18 Å². The monoisotopic (exact) mass is 299 g/mol. The highest BCUT2D eigenvalue weighted by atomic mass is 79.9. The molecule has 0 saturated heterocycles. The van der Waals surface area contributed by atoms with Crippen LogP contribution in [-0.2, 0) is 0 Å². The molecular formula is C13H15BrFNO. The molecule has 1 aromatic carbocycles. The molecule has 0 heterocycles. The van der Waals surface area contributed by atoms with Crippen LogP contribution in [0.5, 0.6) is 0 Å². The number of halogens is 2. The summed E-state index contributed by atoms with van der Waals surface area (Å²) in [4.78, 5) is 12.1. The highest BCUT2D eigenvalue weighted by Crippen LogP contribution is 2.36. The first-order chi connectivity index (χ1) is 8.08. The highest BCUT2D eigenvalue weighted by molar-refractivity contribution is 9.09. The molecular weight excluding hydrogens is 285 g/mol. The summed E-state index contributed by atoms with van der Waals surface area (Å²) in [6.45, 7) is 2.39. The molecule has 0 spiro atoms. The van der Waals surface area contributed by atoms with Crippen LogP contribution in [0.4, 0.5) is 4.39 Å². The molecule has 1 fully saturated rings. The second-order valence-electron chi connectivity index (χ2n) is 4.55. The molecule has 17 heavy (non-hydrogen) atoms. The smallest absolute Gasteiger partial charge is 0.254 e. The van der Waals surface area contributed by atoms with E-state index in [-0.39, 0.29) is 11.5 Å². The zero-order chi connectivity index (χ0) is 12.4. The molecule has 1 aromatic rings. The van der Waals surface area contributed by atoms with Crippen LogP contribution in [0.1, 0.15) is 28.8 Å². The Hall–Kier alpha value is -0.900. The first-order valence-corrected chi connectivity index (χ1v) is 6.68. The van der Waals surface area contributed by atoms with Gasteiger partial charge in [0.1, 0.15) is 5.82 Å². The van der Waals surface area contributed by atoms with Gasteiger partial charge in [0.15, 0.2) is 0 Å². The van der Waals surface area contributed by atoms with Crippen molar-refractivity contribution < 1.29 is 9.18 Å². The molecule has 1 N–H and O–H groups in total. The minimum Gasteiger partial charge on any atom is -0.351 e. The van der Waals surface area contributed by atoms with Gasteiger partial charge in [0, 0.05) is 11.4 Å². The van der Waals surface area contributed by atoms with Crippen LogP contribution in [0.25, 0.3) is 0 Å². The standard InChI is InChI=1S/C13H15BrFNO/c1-8-2-5-12(15)10(6-8)13(17)16-7-11(14)9-3-4-9/h2,5-6,9,11H,3-4,7H2,1H3,(H,16,17). The minimum absolute atomic E-state index is 0.125. The maximum Gasteiger partial charge on any atom is 0.254 e. The van der Waals surface area contributed by atoms with E-state index in [2.05, 4.69) is 21.2 Å². The Morgan fingerprint density at radius 3 is 2.94 bits per heavy atom. The third-order valence-electron chi connectivity index (χ3n) is 2.96. The maximum atomic E-state index is 13.4. The Morgan fingerprint density at radius 2 is 2.29 bits per heavy atom.